The summed E-state index contributed by atoms with van der Waals surface area (Å²) in [5, 5.41) is 18.2. The number of halogens is 1. The summed E-state index contributed by atoms with van der Waals surface area (Å²) < 4.78 is 5.51. The van der Waals surface area contributed by atoms with Gasteiger partial charge in [0.05, 0.1) is 6.10 Å². The fourth-order valence-corrected chi connectivity index (χ4v) is 6.17. The maximum Gasteiger partial charge on any atom is 0.246 e. The van der Waals surface area contributed by atoms with Crippen LogP contribution < -0.4 is 10.6 Å². The van der Waals surface area contributed by atoms with Crippen LogP contribution in [0.15, 0.2) is 40.1 Å². The highest BCUT2D eigenvalue weighted by molar-refractivity contribution is 9.09. The number of β-amino-alcohol motifs (C(OH)–C–C–N with tert-alkyl or cyclic N) is 1. The van der Waals surface area contributed by atoms with E-state index in [2.05, 4.69) is 31.5 Å². The van der Waals surface area contributed by atoms with Gasteiger partial charge >= 0.3 is 0 Å². The van der Waals surface area contributed by atoms with E-state index in [1.807, 2.05) is 51.3 Å². The Kier molecular flexibility index (Phi) is 14.0. The molecule has 3 amide bonds. The van der Waals surface area contributed by atoms with Gasteiger partial charge in [-0.1, -0.05) is 93.1 Å². The highest BCUT2D eigenvalue weighted by atomic mass is 79.9. The molecule has 2 aromatic rings. The van der Waals surface area contributed by atoms with E-state index in [9.17, 15) is 19.5 Å². The van der Waals surface area contributed by atoms with Gasteiger partial charge in [0.1, 0.15) is 17.1 Å². The van der Waals surface area contributed by atoms with Crippen LogP contribution in [-0.2, 0) is 20.9 Å². The predicted molar refractivity (Wildman–Crippen MR) is 174 cm³/mol. The first-order chi connectivity index (χ1) is 20.5. The zero-order chi connectivity index (χ0) is 31.4. The van der Waals surface area contributed by atoms with E-state index in [1.54, 1.807) is 0 Å². The molecule has 9 nitrogen and oxygen atoms in total. The van der Waals surface area contributed by atoms with Crippen molar-refractivity contribution < 1.29 is 23.9 Å². The van der Waals surface area contributed by atoms with E-state index in [0.29, 0.717) is 12.2 Å². The minimum absolute atomic E-state index is 0.0537. The number of nitrogens with one attached hydrogen (secondary N) is 2. The van der Waals surface area contributed by atoms with Crippen LogP contribution in [-0.4, -0.2) is 69.0 Å². The van der Waals surface area contributed by atoms with Crippen molar-refractivity contribution in [1.82, 2.24) is 20.5 Å². The van der Waals surface area contributed by atoms with Gasteiger partial charge in [0.2, 0.25) is 17.7 Å². The Bertz CT molecular complexity index is 1180. The fraction of sp³-hybridized carbons (Fsp3) is 0.625. The molecule has 3 N–H and O–H groups in total. The number of hydrogen-bond donors (Lipinski definition) is 3. The number of oxazole rings is 1. The Morgan fingerprint density at radius 3 is 2.37 bits per heavy atom. The molecule has 1 aromatic carbocycles. The highest BCUT2D eigenvalue weighted by Crippen LogP contribution is 2.29. The van der Waals surface area contributed by atoms with Gasteiger partial charge in [-0.3, -0.25) is 14.4 Å². The number of hydrogen-bond acceptors (Lipinski definition) is 7. The first kappa shape index (κ1) is 35.1. The monoisotopic (exact) mass is 678 g/mol. The number of likely N-dealkylation sites (tertiary alicyclic amines) is 1. The smallest absolute Gasteiger partial charge is 0.246 e. The topological polar surface area (TPSA) is 125 Å². The van der Waals surface area contributed by atoms with E-state index in [0.717, 1.165) is 40.7 Å². The van der Waals surface area contributed by atoms with Gasteiger partial charge in [-0.2, -0.15) is 0 Å². The first-order valence-corrected chi connectivity index (χ1v) is 17.6. The van der Waals surface area contributed by atoms with E-state index in [-0.39, 0.29) is 37.2 Å². The lowest BCUT2D eigenvalue weighted by molar-refractivity contribution is -0.144. The van der Waals surface area contributed by atoms with Crippen molar-refractivity contribution in [3.8, 4) is 11.3 Å². The number of amides is 3. The predicted octanol–water partition coefficient (Wildman–Crippen LogP) is 5.69. The number of thioether (sulfide) groups is 1. The minimum atomic E-state index is -0.814. The van der Waals surface area contributed by atoms with Gasteiger partial charge in [0, 0.05) is 36.8 Å². The molecule has 3 atom stereocenters. The lowest BCUT2D eigenvalue weighted by Gasteiger charge is -2.35. The van der Waals surface area contributed by atoms with E-state index in [4.69, 9.17) is 4.42 Å². The Balaban J connectivity index is 1.55. The molecule has 1 aliphatic rings. The number of benzene rings is 1. The molecule has 1 fully saturated rings. The zero-order valence-corrected chi connectivity index (χ0v) is 28.3. The molecule has 0 unspecified atom stereocenters. The third-order valence-electron chi connectivity index (χ3n) is 7.73. The van der Waals surface area contributed by atoms with Gasteiger partial charge in [0.15, 0.2) is 12.2 Å². The number of aromatic nitrogens is 1. The molecule has 2 heterocycles. The van der Waals surface area contributed by atoms with E-state index < -0.39 is 23.6 Å². The maximum absolute atomic E-state index is 13.8. The fourth-order valence-electron chi connectivity index (χ4n) is 5.27. The van der Waals surface area contributed by atoms with Crippen molar-refractivity contribution in [3.05, 3.63) is 36.2 Å². The summed E-state index contributed by atoms with van der Waals surface area (Å²) in [6, 6.07) is 6.03. The van der Waals surface area contributed by atoms with Crippen LogP contribution in [0.3, 0.4) is 0 Å². The molecule has 11 heteroatoms. The minimum Gasteiger partial charge on any atom is -0.442 e. The largest absolute Gasteiger partial charge is 0.442 e. The van der Waals surface area contributed by atoms with Crippen molar-refractivity contribution in [2.45, 2.75) is 108 Å². The summed E-state index contributed by atoms with van der Waals surface area (Å²) in [4.78, 5) is 45.5. The molecule has 0 bridgehead atoms. The standard InChI is InChI=1S/C32H47BrN4O5S/c1-32(2,3)28(36-26(39)12-10-8-6-5-7-9-11-17-33)31(41)37-20-24(38)18-25(37)29(40)34-19-22-13-15-23(16-14-22)27-30(43-4)35-21-42-27/h13-16,21,24-25,28,38H,5-12,17-20H2,1-4H3,(H,34,40)(H,36,39)/t24-,25-,28+/m0/s1. The zero-order valence-electron chi connectivity index (χ0n) is 25.9. The molecule has 1 aromatic heterocycles. The van der Waals surface area contributed by atoms with Crippen LogP contribution in [0.25, 0.3) is 11.3 Å². The Morgan fingerprint density at radius 1 is 1.09 bits per heavy atom. The second-order valence-electron chi connectivity index (χ2n) is 12.3. The van der Waals surface area contributed by atoms with Crippen LogP contribution >= 0.6 is 27.7 Å². The number of nitrogens with zero attached hydrogens (tertiary/aromatic N) is 2. The van der Waals surface area contributed by atoms with Crippen molar-refractivity contribution in [2.24, 2.45) is 5.41 Å². The Labute approximate surface area is 268 Å². The maximum atomic E-state index is 13.8. The van der Waals surface area contributed by atoms with Crippen LogP contribution in [0, 0.1) is 5.41 Å². The Hall–Kier alpha value is -2.37. The quantitative estimate of drug-likeness (QED) is 0.118. The number of rotatable bonds is 16. The third kappa shape index (κ3) is 10.6. The molecule has 3 rings (SSSR count). The molecule has 0 spiro atoms. The van der Waals surface area contributed by atoms with Gasteiger partial charge in [-0.15, -0.1) is 11.8 Å². The summed E-state index contributed by atoms with van der Waals surface area (Å²) in [7, 11) is 0. The van der Waals surface area contributed by atoms with Crippen molar-refractivity contribution >= 4 is 45.4 Å². The molecule has 1 aliphatic heterocycles. The van der Waals surface area contributed by atoms with Gasteiger partial charge in [-0.25, -0.2) is 4.98 Å². The Morgan fingerprint density at radius 2 is 1.74 bits per heavy atom. The molecule has 0 radical (unpaired) electrons. The molecular formula is C32H47BrN4O5S. The number of aliphatic hydroxyl groups is 1. The number of unbranched alkanes of at least 4 members (excludes halogenated alkanes) is 6. The van der Waals surface area contributed by atoms with Crippen molar-refractivity contribution in [2.75, 3.05) is 18.1 Å². The SMILES string of the molecule is CSc1ncoc1-c1ccc(CNC(=O)[C@@H]2C[C@H](O)CN2C(=O)[C@@H](NC(=O)CCCCCCCCCBr)C(C)(C)C)cc1. The molecule has 0 aliphatic carbocycles. The summed E-state index contributed by atoms with van der Waals surface area (Å²) in [6.45, 7) is 6.02. The summed E-state index contributed by atoms with van der Waals surface area (Å²) >= 11 is 4.96. The number of carbonyl (C=O) groups is 3. The van der Waals surface area contributed by atoms with Crippen LogP contribution in [0.1, 0.15) is 84.1 Å². The van der Waals surface area contributed by atoms with Gasteiger partial charge in [0.25, 0.3) is 0 Å². The number of aliphatic hydroxyl groups excluding tert-OH is 1. The normalized spacial score (nSPS) is 17.6. The molecule has 1 saturated heterocycles. The summed E-state index contributed by atoms with van der Waals surface area (Å²) in [5.74, 6) is -0.129. The third-order valence-corrected chi connectivity index (χ3v) is 8.97. The van der Waals surface area contributed by atoms with Crippen molar-refractivity contribution in [1.29, 1.82) is 0 Å². The average Bonchev–Trinajstić information content (AvgIpc) is 3.62. The van der Waals surface area contributed by atoms with E-state index in [1.165, 1.54) is 48.7 Å². The first-order valence-electron chi connectivity index (χ1n) is 15.2. The second-order valence-corrected chi connectivity index (χ2v) is 13.9. The van der Waals surface area contributed by atoms with Gasteiger partial charge in [-0.05, 0) is 30.1 Å². The van der Waals surface area contributed by atoms with Crippen LogP contribution in [0.2, 0.25) is 0 Å². The molecule has 238 valence electrons. The average molecular weight is 680 g/mol. The number of carbonyl (C=O) groups excluding carboxylic acids is 3. The summed E-state index contributed by atoms with van der Waals surface area (Å²) in [6.07, 6.45) is 10.7. The van der Waals surface area contributed by atoms with Gasteiger partial charge < -0.3 is 25.1 Å². The van der Waals surface area contributed by atoms with Crippen LogP contribution in [0.5, 0.6) is 0 Å². The highest BCUT2D eigenvalue weighted by Gasteiger charge is 2.44. The molecule has 0 saturated carbocycles. The van der Waals surface area contributed by atoms with Crippen LogP contribution in [0.4, 0.5) is 0 Å². The lowest BCUT2D eigenvalue weighted by Crippen LogP contribution is -2.57. The second kappa shape index (κ2) is 17.2. The molecular weight excluding hydrogens is 632 g/mol. The van der Waals surface area contributed by atoms with E-state index >= 15 is 0 Å². The molecule has 43 heavy (non-hydrogen) atoms. The number of alkyl halides is 1. The lowest BCUT2D eigenvalue weighted by atomic mass is 9.85. The summed E-state index contributed by atoms with van der Waals surface area (Å²) in [5.41, 5.74) is 1.21. The van der Waals surface area contributed by atoms with Crippen molar-refractivity contribution in [3.63, 3.8) is 0 Å².